The van der Waals surface area contributed by atoms with Crippen molar-refractivity contribution < 1.29 is 14.4 Å². The van der Waals surface area contributed by atoms with Crippen LogP contribution >= 0.6 is 0 Å². The average molecular weight is 303 g/mol. The molecule has 6 heteroatoms. The molecule has 0 radical (unpaired) electrons. The minimum atomic E-state index is -0.138. The van der Waals surface area contributed by atoms with E-state index < -0.39 is 0 Å². The highest BCUT2D eigenvalue weighted by Gasteiger charge is 2.18. The molecule has 2 aliphatic heterocycles. The molecular formula is C16H21N3O3. The lowest BCUT2D eigenvalue weighted by Crippen LogP contribution is -2.34. The van der Waals surface area contributed by atoms with Crippen LogP contribution in [0.2, 0.25) is 0 Å². The fourth-order valence-electron chi connectivity index (χ4n) is 2.50. The van der Waals surface area contributed by atoms with Crippen molar-refractivity contribution in [2.24, 2.45) is 5.92 Å². The predicted molar refractivity (Wildman–Crippen MR) is 82.2 cm³/mol. The highest BCUT2D eigenvalue weighted by Crippen LogP contribution is 2.19. The maximum absolute atomic E-state index is 10.6. The number of carbonyl (C=O) groups is 3. The summed E-state index contributed by atoms with van der Waals surface area (Å²) in [4.78, 5) is 37.8. The Kier molecular flexibility index (Phi) is 6.06. The zero-order valence-corrected chi connectivity index (χ0v) is 12.5. The standard InChI is InChI=1S/C11H14N2O.C5H7NO2/c14-9-10-4-7-13(8-5-10)11-3-1-2-6-12-11;7-4-2-1-3-5(8)6-4/h1-3,6,9-10H,4-5,7-8H2;1-3H2,(H,6,7,8). The van der Waals surface area contributed by atoms with Gasteiger partial charge in [-0.25, -0.2) is 4.98 Å². The fourth-order valence-corrected chi connectivity index (χ4v) is 2.50. The van der Waals surface area contributed by atoms with E-state index in [1.807, 2.05) is 18.2 Å². The molecular weight excluding hydrogens is 282 g/mol. The number of piperidine rings is 2. The van der Waals surface area contributed by atoms with E-state index in [-0.39, 0.29) is 17.7 Å². The SMILES string of the molecule is O=C1CCCC(=O)N1.O=CC1CCN(c2ccccn2)CC1. The molecule has 0 atom stereocenters. The largest absolute Gasteiger partial charge is 0.357 e. The van der Waals surface area contributed by atoms with Crippen LogP contribution < -0.4 is 10.2 Å². The van der Waals surface area contributed by atoms with E-state index in [1.54, 1.807) is 6.20 Å². The minimum absolute atomic E-state index is 0.138. The third-order valence-electron chi connectivity index (χ3n) is 3.79. The molecule has 0 aromatic carbocycles. The van der Waals surface area contributed by atoms with Crippen molar-refractivity contribution in [3.8, 4) is 0 Å². The van der Waals surface area contributed by atoms with Gasteiger partial charge in [0.1, 0.15) is 12.1 Å². The molecule has 3 rings (SSSR count). The van der Waals surface area contributed by atoms with Crippen LogP contribution in [-0.2, 0) is 14.4 Å². The summed E-state index contributed by atoms with van der Waals surface area (Å²) in [5, 5.41) is 2.20. The topological polar surface area (TPSA) is 79.4 Å². The minimum Gasteiger partial charge on any atom is -0.357 e. The summed E-state index contributed by atoms with van der Waals surface area (Å²) in [6.07, 6.45) is 6.53. The summed E-state index contributed by atoms with van der Waals surface area (Å²) in [6, 6.07) is 5.93. The smallest absolute Gasteiger partial charge is 0.226 e. The van der Waals surface area contributed by atoms with Crippen molar-refractivity contribution in [2.75, 3.05) is 18.0 Å². The normalized spacial score (nSPS) is 19.0. The van der Waals surface area contributed by atoms with Crippen LogP contribution in [0.1, 0.15) is 32.1 Å². The zero-order valence-electron chi connectivity index (χ0n) is 12.5. The summed E-state index contributed by atoms with van der Waals surface area (Å²) in [5.41, 5.74) is 0. The Bertz CT molecular complexity index is 497. The van der Waals surface area contributed by atoms with E-state index in [0.717, 1.165) is 38.0 Å². The lowest BCUT2D eigenvalue weighted by molar-refractivity contribution is -0.133. The van der Waals surface area contributed by atoms with Gasteiger partial charge in [0.05, 0.1) is 0 Å². The molecule has 0 saturated carbocycles. The van der Waals surface area contributed by atoms with Crippen molar-refractivity contribution >= 4 is 23.9 Å². The maximum atomic E-state index is 10.6. The molecule has 2 fully saturated rings. The maximum Gasteiger partial charge on any atom is 0.226 e. The van der Waals surface area contributed by atoms with Crippen molar-refractivity contribution in [1.29, 1.82) is 0 Å². The van der Waals surface area contributed by atoms with Crippen LogP contribution in [0.5, 0.6) is 0 Å². The van der Waals surface area contributed by atoms with Gasteiger partial charge in [0.25, 0.3) is 0 Å². The number of aromatic nitrogens is 1. The van der Waals surface area contributed by atoms with E-state index in [2.05, 4.69) is 15.2 Å². The molecule has 2 saturated heterocycles. The van der Waals surface area contributed by atoms with Crippen LogP contribution in [-0.4, -0.2) is 36.2 Å². The van der Waals surface area contributed by atoms with E-state index in [4.69, 9.17) is 0 Å². The molecule has 0 spiro atoms. The van der Waals surface area contributed by atoms with E-state index >= 15 is 0 Å². The Morgan fingerprint density at radius 2 is 1.82 bits per heavy atom. The summed E-state index contributed by atoms with van der Waals surface area (Å²) >= 11 is 0. The summed E-state index contributed by atoms with van der Waals surface area (Å²) in [5.74, 6) is 1.01. The number of hydrogen-bond acceptors (Lipinski definition) is 5. The Morgan fingerprint density at radius 3 is 2.27 bits per heavy atom. The first-order chi connectivity index (χ1) is 10.7. The third-order valence-corrected chi connectivity index (χ3v) is 3.79. The molecule has 118 valence electrons. The van der Waals surface area contributed by atoms with E-state index in [0.29, 0.717) is 19.3 Å². The van der Waals surface area contributed by atoms with Gasteiger partial charge in [0.2, 0.25) is 11.8 Å². The molecule has 0 unspecified atom stereocenters. The monoisotopic (exact) mass is 303 g/mol. The molecule has 0 bridgehead atoms. The van der Waals surface area contributed by atoms with Crippen LogP contribution in [0.4, 0.5) is 5.82 Å². The molecule has 6 nitrogen and oxygen atoms in total. The van der Waals surface area contributed by atoms with Gasteiger partial charge in [-0.1, -0.05) is 6.07 Å². The number of amides is 2. The Labute approximate surface area is 129 Å². The van der Waals surface area contributed by atoms with Gasteiger partial charge >= 0.3 is 0 Å². The van der Waals surface area contributed by atoms with Gasteiger partial charge in [0.15, 0.2) is 0 Å². The quantitative estimate of drug-likeness (QED) is 0.658. The predicted octanol–water partition coefficient (Wildman–Crippen LogP) is 1.31. The summed E-state index contributed by atoms with van der Waals surface area (Å²) in [7, 11) is 0. The van der Waals surface area contributed by atoms with Crippen molar-refractivity contribution in [1.82, 2.24) is 10.3 Å². The van der Waals surface area contributed by atoms with E-state index in [1.165, 1.54) is 0 Å². The van der Waals surface area contributed by atoms with Crippen LogP contribution in [0.15, 0.2) is 24.4 Å². The van der Waals surface area contributed by atoms with Gasteiger partial charge in [-0.2, -0.15) is 0 Å². The molecule has 0 aliphatic carbocycles. The number of carbonyl (C=O) groups excluding carboxylic acids is 3. The average Bonchev–Trinajstić information content (AvgIpc) is 2.56. The molecule has 2 amide bonds. The van der Waals surface area contributed by atoms with Gasteiger partial charge < -0.3 is 9.69 Å². The Morgan fingerprint density at radius 1 is 1.14 bits per heavy atom. The van der Waals surface area contributed by atoms with Gasteiger partial charge in [0, 0.05) is 38.0 Å². The third kappa shape index (κ3) is 4.95. The lowest BCUT2D eigenvalue weighted by Gasteiger charge is -2.30. The molecule has 1 N–H and O–H groups in total. The van der Waals surface area contributed by atoms with E-state index in [9.17, 15) is 14.4 Å². The number of rotatable bonds is 2. The number of imide groups is 1. The van der Waals surface area contributed by atoms with Crippen molar-refractivity contribution in [3.63, 3.8) is 0 Å². The molecule has 3 heterocycles. The lowest BCUT2D eigenvalue weighted by atomic mass is 9.99. The number of aldehydes is 1. The number of pyridine rings is 1. The molecule has 1 aromatic rings. The van der Waals surface area contributed by atoms with Crippen molar-refractivity contribution in [3.05, 3.63) is 24.4 Å². The van der Waals surface area contributed by atoms with Crippen LogP contribution in [0.25, 0.3) is 0 Å². The Balaban J connectivity index is 0.000000188. The summed E-state index contributed by atoms with van der Waals surface area (Å²) < 4.78 is 0. The number of hydrogen-bond donors (Lipinski definition) is 1. The van der Waals surface area contributed by atoms with Gasteiger partial charge in [-0.15, -0.1) is 0 Å². The highest BCUT2D eigenvalue weighted by atomic mass is 16.2. The first-order valence-electron chi connectivity index (χ1n) is 7.63. The molecule has 2 aliphatic rings. The van der Waals surface area contributed by atoms with Gasteiger partial charge in [-0.3, -0.25) is 14.9 Å². The zero-order chi connectivity index (χ0) is 15.8. The summed E-state index contributed by atoms with van der Waals surface area (Å²) in [6.45, 7) is 1.89. The number of nitrogens with zero attached hydrogens (tertiary/aromatic N) is 2. The molecule has 22 heavy (non-hydrogen) atoms. The van der Waals surface area contributed by atoms with Gasteiger partial charge in [-0.05, 0) is 31.4 Å². The van der Waals surface area contributed by atoms with Crippen LogP contribution in [0, 0.1) is 5.92 Å². The first kappa shape index (κ1) is 16.1. The fraction of sp³-hybridized carbons (Fsp3) is 0.500. The first-order valence-corrected chi connectivity index (χ1v) is 7.63. The second kappa shape index (κ2) is 8.26. The molecule has 1 aromatic heterocycles. The highest BCUT2D eigenvalue weighted by molar-refractivity contribution is 5.97. The second-order valence-corrected chi connectivity index (χ2v) is 5.47. The Hall–Kier alpha value is -2.24. The second-order valence-electron chi connectivity index (χ2n) is 5.47. The number of nitrogens with one attached hydrogen (secondary N) is 1. The van der Waals surface area contributed by atoms with Crippen LogP contribution in [0.3, 0.4) is 0 Å². The van der Waals surface area contributed by atoms with Crippen molar-refractivity contribution in [2.45, 2.75) is 32.1 Å². The number of anilines is 1.